The zero-order valence-electron chi connectivity index (χ0n) is 8.85. The zero-order chi connectivity index (χ0) is 13.1. The second-order valence-electron chi connectivity index (χ2n) is 3.10. The van der Waals surface area contributed by atoms with Crippen molar-refractivity contribution in [3.63, 3.8) is 0 Å². The second-order valence-corrected chi connectivity index (χ2v) is 3.62. The predicted molar refractivity (Wildman–Crippen MR) is 58.4 cm³/mol. The number of esters is 1. The van der Waals surface area contributed by atoms with Gasteiger partial charge in [0.15, 0.2) is 0 Å². The van der Waals surface area contributed by atoms with Gasteiger partial charge in [0.1, 0.15) is 0 Å². The maximum Gasteiger partial charge on any atom is 0.364 e. The fourth-order valence-electron chi connectivity index (χ4n) is 1.13. The molecule has 5 nitrogen and oxygen atoms in total. The molecule has 17 heavy (non-hydrogen) atoms. The van der Waals surface area contributed by atoms with Gasteiger partial charge < -0.3 is 4.74 Å². The van der Waals surface area contributed by atoms with Crippen LogP contribution in [-0.4, -0.2) is 17.5 Å². The third-order valence-corrected chi connectivity index (χ3v) is 2.34. The summed E-state index contributed by atoms with van der Waals surface area (Å²) in [6, 6.07) is 4.26. The lowest BCUT2D eigenvalue weighted by atomic mass is 10.1. The number of rotatable bonds is 4. The first-order valence-corrected chi connectivity index (χ1v) is 5.07. The minimum atomic E-state index is -2.83. The number of carbonyl (C=O) groups excluding carboxylic acids is 1. The maximum absolute atomic E-state index is 13.9. The van der Waals surface area contributed by atoms with Gasteiger partial charge in [0.2, 0.25) is 0 Å². The van der Waals surface area contributed by atoms with E-state index < -0.39 is 16.0 Å². The topological polar surface area (TPSA) is 69.4 Å². The zero-order valence-corrected chi connectivity index (χ0v) is 9.61. The summed E-state index contributed by atoms with van der Waals surface area (Å²) in [6.07, 6.45) is 0. The summed E-state index contributed by atoms with van der Waals surface area (Å²) in [5.74, 6) is -1.24. The average Bonchev–Trinajstić information content (AvgIpc) is 2.29. The lowest BCUT2D eigenvalue weighted by Crippen LogP contribution is -2.27. The van der Waals surface area contributed by atoms with Crippen molar-refractivity contribution in [2.45, 2.75) is 12.1 Å². The number of hydrogen-bond acceptors (Lipinski definition) is 4. The van der Waals surface area contributed by atoms with Crippen molar-refractivity contribution in [1.82, 2.24) is 0 Å². The molecular formula is C10H9ClFNO4. The molecule has 7 heteroatoms. The smallest absolute Gasteiger partial charge is 0.364 e. The molecule has 0 aromatic heterocycles. The van der Waals surface area contributed by atoms with Crippen LogP contribution in [-0.2, 0) is 14.7 Å². The van der Waals surface area contributed by atoms with E-state index in [0.717, 1.165) is 24.3 Å². The highest BCUT2D eigenvalue weighted by molar-refractivity contribution is 6.32. The Labute approximate surface area is 101 Å². The van der Waals surface area contributed by atoms with Gasteiger partial charge >= 0.3 is 11.1 Å². The van der Waals surface area contributed by atoms with Crippen molar-refractivity contribution in [3.8, 4) is 0 Å². The van der Waals surface area contributed by atoms with Crippen LogP contribution in [0.25, 0.3) is 0 Å². The number of non-ortho nitro benzene ring substituents is 1. The molecule has 0 spiro atoms. The molecule has 0 amide bonds. The Hall–Kier alpha value is -1.69. The van der Waals surface area contributed by atoms with Crippen molar-refractivity contribution >= 4 is 23.3 Å². The molecule has 0 heterocycles. The number of halogens is 2. The van der Waals surface area contributed by atoms with E-state index in [1.165, 1.54) is 6.92 Å². The van der Waals surface area contributed by atoms with Gasteiger partial charge in [0, 0.05) is 17.7 Å². The van der Waals surface area contributed by atoms with Gasteiger partial charge in [0.05, 0.1) is 11.5 Å². The Morgan fingerprint density at radius 3 is 2.47 bits per heavy atom. The van der Waals surface area contributed by atoms with Gasteiger partial charge in [-0.15, -0.1) is 0 Å². The van der Waals surface area contributed by atoms with E-state index in [1.54, 1.807) is 0 Å². The standard InChI is InChI=1S/C10H9ClFNO4/c1-2-17-9(14)10(11,12)7-3-5-8(6-4-7)13(15)16/h3-6H,2H2,1H3. The van der Waals surface area contributed by atoms with E-state index in [9.17, 15) is 19.3 Å². The summed E-state index contributed by atoms with van der Waals surface area (Å²) in [5, 5.41) is 7.56. The van der Waals surface area contributed by atoms with Crippen molar-refractivity contribution < 1.29 is 18.8 Å². The molecule has 1 aromatic rings. The highest BCUT2D eigenvalue weighted by atomic mass is 35.5. The number of carbonyl (C=O) groups is 1. The summed E-state index contributed by atoms with van der Waals surface area (Å²) < 4.78 is 18.3. The number of nitro benzene ring substituents is 1. The van der Waals surface area contributed by atoms with E-state index >= 15 is 0 Å². The monoisotopic (exact) mass is 261 g/mol. The van der Waals surface area contributed by atoms with Crippen LogP contribution in [0, 0.1) is 10.1 Å². The molecule has 0 radical (unpaired) electrons. The molecule has 0 saturated heterocycles. The number of nitro groups is 1. The summed E-state index contributed by atoms with van der Waals surface area (Å²) >= 11 is 5.41. The van der Waals surface area contributed by atoms with E-state index in [0.29, 0.717) is 0 Å². The summed E-state index contributed by atoms with van der Waals surface area (Å²) in [5.41, 5.74) is -0.423. The van der Waals surface area contributed by atoms with E-state index in [1.807, 2.05) is 0 Å². The maximum atomic E-state index is 13.9. The Balaban J connectivity index is 2.99. The number of ether oxygens (including phenoxy) is 1. The van der Waals surface area contributed by atoms with Crippen LogP contribution in [0.4, 0.5) is 10.1 Å². The molecule has 92 valence electrons. The fourth-order valence-corrected chi connectivity index (χ4v) is 1.31. The third kappa shape index (κ3) is 2.91. The minimum Gasteiger partial charge on any atom is -0.462 e. The summed E-state index contributed by atoms with van der Waals surface area (Å²) in [6.45, 7) is 1.50. The number of benzene rings is 1. The number of hydrogen-bond donors (Lipinski definition) is 0. The highest BCUT2D eigenvalue weighted by Gasteiger charge is 2.40. The van der Waals surface area contributed by atoms with Gasteiger partial charge in [0.25, 0.3) is 5.69 Å². The largest absolute Gasteiger partial charge is 0.462 e. The van der Waals surface area contributed by atoms with Crippen molar-refractivity contribution in [1.29, 1.82) is 0 Å². The predicted octanol–water partition coefficient (Wildman–Crippen LogP) is 2.52. The molecule has 0 aliphatic heterocycles. The molecule has 1 unspecified atom stereocenters. The lowest BCUT2D eigenvalue weighted by molar-refractivity contribution is -0.384. The third-order valence-electron chi connectivity index (χ3n) is 1.97. The Kier molecular flexibility index (Phi) is 4.01. The molecule has 0 aliphatic carbocycles. The molecular weight excluding hydrogens is 253 g/mol. The van der Waals surface area contributed by atoms with Crippen LogP contribution in [0.2, 0.25) is 0 Å². The molecule has 0 N–H and O–H groups in total. The van der Waals surface area contributed by atoms with Gasteiger partial charge in [-0.3, -0.25) is 10.1 Å². The first kappa shape index (κ1) is 13.4. The molecule has 0 fully saturated rings. The van der Waals surface area contributed by atoms with Crippen LogP contribution in [0.1, 0.15) is 12.5 Å². The lowest BCUT2D eigenvalue weighted by Gasteiger charge is -2.15. The van der Waals surface area contributed by atoms with E-state index in [-0.39, 0.29) is 17.9 Å². The highest BCUT2D eigenvalue weighted by Crippen LogP contribution is 2.33. The number of nitrogens with zero attached hydrogens (tertiary/aromatic N) is 1. The Morgan fingerprint density at radius 1 is 1.53 bits per heavy atom. The quantitative estimate of drug-likeness (QED) is 0.361. The molecule has 0 aliphatic rings. The van der Waals surface area contributed by atoms with Crippen molar-refractivity contribution in [2.75, 3.05) is 6.61 Å². The van der Waals surface area contributed by atoms with Crippen LogP contribution in [0.5, 0.6) is 0 Å². The average molecular weight is 262 g/mol. The Morgan fingerprint density at radius 2 is 2.06 bits per heavy atom. The van der Waals surface area contributed by atoms with Crippen molar-refractivity contribution in [2.24, 2.45) is 0 Å². The first-order valence-electron chi connectivity index (χ1n) is 4.69. The van der Waals surface area contributed by atoms with Crippen molar-refractivity contribution in [3.05, 3.63) is 39.9 Å². The molecule has 0 bridgehead atoms. The first-order chi connectivity index (χ1) is 7.89. The van der Waals surface area contributed by atoms with Gasteiger partial charge in [-0.1, -0.05) is 11.6 Å². The molecule has 1 aromatic carbocycles. The molecule has 1 atom stereocenters. The second kappa shape index (κ2) is 5.09. The summed E-state index contributed by atoms with van der Waals surface area (Å²) in [4.78, 5) is 21.0. The minimum absolute atomic E-state index is 0.00972. The summed E-state index contributed by atoms with van der Waals surface area (Å²) in [7, 11) is 0. The van der Waals surface area contributed by atoms with E-state index in [4.69, 9.17) is 11.6 Å². The van der Waals surface area contributed by atoms with Gasteiger partial charge in [-0.2, -0.15) is 0 Å². The number of alkyl halides is 2. The Bertz CT molecular complexity index is 432. The van der Waals surface area contributed by atoms with Gasteiger partial charge in [-0.25, -0.2) is 9.18 Å². The molecule has 0 saturated carbocycles. The van der Waals surface area contributed by atoms with Crippen LogP contribution in [0.3, 0.4) is 0 Å². The van der Waals surface area contributed by atoms with Crippen LogP contribution < -0.4 is 0 Å². The SMILES string of the molecule is CCOC(=O)C(F)(Cl)c1ccc([N+](=O)[O-])cc1. The van der Waals surface area contributed by atoms with E-state index in [2.05, 4.69) is 4.74 Å². The van der Waals surface area contributed by atoms with Gasteiger partial charge in [-0.05, 0) is 19.1 Å². The normalized spacial score (nSPS) is 13.8. The molecule has 1 rings (SSSR count). The fraction of sp³-hybridized carbons (Fsp3) is 0.300. The van der Waals surface area contributed by atoms with Crippen LogP contribution in [0.15, 0.2) is 24.3 Å². The van der Waals surface area contributed by atoms with Crippen LogP contribution >= 0.6 is 11.6 Å².